The van der Waals surface area contributed by atoms with Crippen molar-refractivity contribution < 1.29 is 9.63 Å². The molecule has 0 saturated heterocycles. The Balaban J connectivity index is 1.84. The molecular weight excluding hydrogens is 244 g/mol. The van der Waals surface area contributed by atoms with Gasteiger partial charge in [0.2, 0.25) is 11.7 Å². The number of hydrogen-bond donors (Lipinski definition) is 1. The van der Waals surface area contributed by atoms with Crippen molar-refractivity contribution in [3.8, 4) is 11.5 Å². The molecule has 1 N–H and O–H groups in total. The van der Waals surface area contributed by atoms with Gasteiger partial charge in [0.25, 0.3) is 0 Å². The van der Waals surface area contributed by atoms with Gasteiger partial charge in [0, 0.05) is 12.4 Å². The molecule has 0 radical (unpaired) electrons. The van der Waals surface area contributed by atoms with Crippen molar-refractivity contribution in [1.29, 1.82) is 0 Å². The Morgan fingerprint density at radius 3 is 2.89 bits per heavy atom. The molecule has 1 aliphatic carbocycles. The highest BCUT2D eigenvalue weighted by Gasteiger charge is 2.28. The third-order valence-corrected chi connectivity index (χ3v) is 3.53. The number of rotatable bonds is 2. The fourth-order valence-electron chi connectivity index (χ4n) is 2.48. The van der Waals surface area contributed by atoms with E-state index in [-0.39, 0.29) is 5.92 Å². The average Bonchev–Trinajstić information content (AvgIpc) is 2.83. The maximum atomic E-state index is 10.1. The zero-order valence-corrected chi connectivity index (χ0v) is 10.6. The molecular formula is C13H16N4O2. The maximum absolute atomic E-state index is 10.1. The quantitative estimate of drug-likeness (QED) is 0.830. The third-order valence-electron chi connectivity index (χ3n) is 3.53. The molecule has 1 saturated carbocycles. The summed E-state index contributed by atoms with van der Waals surface area (Å²) in [5, 5.41) is 14.1. The Labute approximate surface area is 110 Å². The van der Waals surface area contributed by atoms with Crippen molar-refractivity contribution in [3.63, 3.8) is 0 Å². The first-order valence-corrected chi connectivity index (χ1v) is 6.62. The Morgan fingerprint density at radius 2 is 2.05 bits per heavy atom. The van der Waals surface area contributed by atoms with E-state index < -0.39 is 6.10 Å². The van der Waals surface area contributed by atoms with Crippen LogP contribution < -0.4 is 0 Å². The molecule has 0 bridgehead atoms. The van der Waals surface area contributed by atoms with E-state index in [1.165, 1.54) is 0 Å². The normalized spacial score (nSPS) is 24.1. The van der Waals surface area contributed by atoms with Gasteiger partial charge in [-0.1, -0.05) is 24.4 Å². The highest BCUT2D eigenvalue weighted by Crippen LogP contribution is 2.31. The van der Waals surface area contributed by atoms with Crippen LogP contribution in [0, 0.1) is 0 Å². The van der Waals surface area contributed by atoms with Crippen molar-refractivity contribution >= 4 is 0 Å². The summed E-state index contributed by atoms with van der Waals surface area (Å²) in [6.45, 7) is 0. The van der Waals surface area contributed by atoms with Crippen LogP contribution in [0.1, 0.15) is 43.9 Å². The van der Waals surface area contributed by atoms with E-state index in [0.717, 1.165) is 32.1 Å². The third kappa shape index (κ3) is 2.63. The van der Waals surface area contributed by atoms with Gasteiger partial charge in [-0.25, -0.2) is 4.98 Å². The molecule has 100 valence electrons. The van der Waals surface area contributed by atoms with E-state index in [4.69, 9.17) is 4.52 Å². The lowest BCUT2D eigenvalue weighted by Crippen LogP contribution is -2.17. The summed E-state index contributed by atoms with van der Waals surface area (Å²) in [6, 6.07) is 0. The number of aliphatic hydroxyl groups is 1. The van der Waals surface area contributed by atoms with E-state index in [1.807, 2.05) is 0 Å². The van der Waals surface area contributed by atoms with Gasteiger partial charge in [0.15, 0.2) is 0 Å². The molecule has 0 aliphatic heterocycles. The summed E-state index contributed by atoms with van der Waals surface area (Å²) in [4.78, 5) is 12.5. The summed E-state index contributed by atoms with van der Waals surface area (Å²) in [7, 11) is 0. The summed E-state index contributed by atoms with van der Waals surface area (Å²) in [5.41, 5.74) is 0.584. The van der Waals surface area contributed by atoms with Crippen LogP contribution in [-0.2, 0) is 0 Å². The predicted octanol–water partition coefficient (Wildman–Crippen LogP) is 1.94. The minimum Gasteiger partial charge on any atom is -0.392 e. The Bertz CT molecular complexity index is 528. The average molecular weight is 260 g/mol. The summed E-state index contributed by atoms with van der Waals surface area (Å²) < 4.78 is 5.30. The highest BCUT2D eigenvalue weighted by atomic mass is 16.5. The number of aliphatic hydroxyl groups excluding tert-OH is 1. The van der Waals surface area contributed by atoms with Crippen LogP contribution in [0.5, 0.6) is 0 Å². The number of aromatic nitrogens is 4. The van der Waals surface area contributed by atoms with Crippen LogP contribution in [0.3, 0.4) is 0 Å². The van der Waals surface area contributed by atoms with Gasteiger partial charge in [-0.3, -0.25) is 4.98 Å². The number of nitrogens with zero attached hydrogens (tertiary/aromatic N) is 4. The van der Waals surface area contributed by atoms with Gasteiger partial charge in [-0.15, -0.1) is 0 Å². The molecule has 6 heteroatoms. The molecule has 1 aliphatic rings. The van der Waals surface area contributed by atoms with Crippen LogP contribution in [0.2, 0.25) is 0 Å². The topological polar surface area (TPSA) is 84.9 Å². The zero-order chi connectivity index (χ0) is 13.1. The molecule has 1 fully saturated rings. The molecule has 2 unspecified atom stereocenters. The first-order valence-electron chi connectivity index (χ1n) is 6.62. The first-order chi connectivity index (χ1) is 9.34. The first kappa shape index (κ1) is 12.2. The molecule has 0 amide bonds. The molecule has 2 aromatic heterocycles. The molecule has 0 aromatic carbocycles. The van der Waals surface area contributed by atoms with Crippen LogP contribution in [0.4, 0.5) is 0 Å². The molecule has 2 atom stereocenters. The largest absolute Gasteiger partial charge is 0.392 e. The Hall–Kier alpha value is -1.82. The van der Waals surface area contributed by atoms with Crippen molar-refractivity contribution in [2.75, 3.05) is 0 Å². The highest BCUT2D eigenvalue weighted by molar-refractivity contribution is 5.45. The molecule has 0 spiro atoms. The summed E-state index contributed by atoms with van der Waals surface area (Å²) >= 11 is 0. The van der Waals surface area contributed by atoms with E-state index in [0.29, 0.717) is 17.4 Å². The van der Waals surface area contributed by atoms with Crippen LogP contribution in [-0.4, -0.2) is 31.3 Å². The molecule has 2 aromatic rings. The van der Waals surface area contributed by atoms with Crippen LogP contribution in [0.15, 0.2) is 23.1 Å². The van der Waals surface area contributed by atoms with E-state index >= 15 is 0 Å². The molecule has 3 rings (SSSR count). The lowest BCUT2D eigenvalue weighted by Gasteiger charge is -2.15. The zero-order valence-electron chi connectivity index (χ0n) is 10.6. The van der Waals surface area contributed by atoms with Crippen molar-refractivity contribution in [1.82, 2.24) is 20.1 Å². The minimum atomic E-state index is -0.391. The number of hydrogen-bond acceptors (Lipinski definition) is 6. The van der Waals surface area contributed by atoms with E-state index in [2.05, 4.69) is 20.1 Å². The fourth-order valence-corrected chi connectivity index (χ4v) is 2.48. The monoisotopic (exact) mass is 260 g/mol. The minimum absolute atomic E-state index is 0.0552. The van der Waals surface area contributed by atoms with Gasteiger partial charge in [-0.2, -0.15) is 4.98 Å². The Morgan fingerprint density at radius 1 is 1.16 bits per heavy atom. The van der Waals surface area contributed by atoms with E-state index in [9.17, 15) is 5.11 Å². The van der Waals surface area contributed by atoms with Gasteiger partial charge < -0.3 is 9.63 Å². The van der Waals surface area contributed by atoms with Crippen molar-refractivity contribution in [2.24, 2.45) is 0 Å². The molecule has 19 heavy (non-hydrogen) atoms. The predicted molar refractivity (Wildman–Crippen MR) is 67.2 cm³/mol. The lowest BCUT2D eigenvalue weighted by molar-refractivity contribution is 0.119. The summed E-state index contributed by atoms with van der Waals surface area (Å²) in [5.74, 6) is 0.884. The summed E-state index contributed by atoms with van der Waals surface area (Å²) in [6.07, 6.45) is 9.38. The van der Waals surface area contributed by atoms with Gasteiger partial charge in [-0.05, 0) is 12.8 Å². The van der Waals surface area contributed by atoms with Crippen LogP contribution in [0.25, 0.3) is 11.5 Å². The lowest BCUT2D eigenvalue weighted by atomic mass is 9.97. The maximum Gasteiger partial charge on any atom is 0.232 e. The second-order valence-corrected chi connectivity index (χ2v) is 4.86. The second kappa shape index (κ2) is 5.44. The van der Waals surface area contributed by atoms with Gasteiger partial charge in [0.05, 0.1) is 18.2 Å². The van der Waals surface area contributed by atoms with E-state index in [1.54, 1.807) is 18.6 Å². The smallest absolute Gasteiger partial charge is 0.232 e. The second-order valence-electron chi connectivity index (χ2n) is 4.86. The van der Waals surface area contributed by atoms with Crippen molar-refractivity contribution in [3.05, 3.63) is 24.5 Å². The van der Waals surface area contributed by atoms with Crippen molar-refractivity contribution in [2.45, 2.75) is 44.1 Å². The van der Waals surface area contributed by atoms with Crippen LogP contribution >= 0.6 is 0 Å². The molecule has 6 nitrogen and oxygen atoms in total. The SMILES string of the molecule is OC1CCCCCC1c1nc(-c2cnccn2)no1. The molecule has 2 heterocycles. The van der Waals surface area contributed by atoms with Gasteiger partial charge in [0.1, 0.15) is 5.69 Å². The standard InChI is InChI=1S/C13H16N4O2/c18-11-5-3-1-2-4-9(11)13-16-12(17-19-13)10-8-14-6-7-15-10/h6-9,11,18H,1-5H2. The van der Waals surface area contributed by atoms with Gasteiger partial charge >= 0.3 is 0 Å². The Kier molecular flexibility index (Phi) is 3.50. The fraction of sp³-hybridized carbons (Fsp3) is 0.538.